The summed E-state index contributed by atoms with van der Waals surface area (Å²) in [6, 6.07) is -1.88. The number of guanidine groups is 2. The van der Waals surface area contributed by atoms with Crippen LogP contribution in [0.4, 0.5) is 0 Å². The van der Waals surface area contributed by atoms with Gasteiger partial charge < -0.3 is 70.4 Å². The molecule has 1 aromatic rings. The minimum atomic E-state index is -1.26. The van der Waals surface area contributed by atoms with Gasteiger partial charge in [-0.15, -0.1) is 0 Å². The van der Waals surface area contributed by atoms with Crippen LogP contribution in [-0.2, 0) is 40.0 Å². The Bertz CT molecular complexity index is 1800. The molecule has 0 aliphatic carbocycles. The molecule has 358 valence electrons. The molecule has 1 fully saturated rings. The van der Waals surface area contributed by atoms with Crippen LogP contribution in [0.2, 0.25) is 0 Å². The van der Waals surface area contributed by atoms with Crippen LogP contribution in [0.25, 0.3) is 0 Å². The molecule has 0 bridgehead atoms. The monoisotopic (exact) mass is 902 g/mol. The number of phenols is 1. The predicted molar refractivity (Wildman–Crippen MR) is 241 cm³/mol. The van der Waals surface area contributed by atoms with Crippen molar-refractivity contribution in [3.63, 3.8) is 0 Å². The summed E-state index contributed by atoms with van der Waals surface area (Å²) in [6.45, 7) is 11.1. The van der Waals surface area contributed by atoms with Gasteiger partial charge in [0.05, 0.1) is 6.04 Å². The number of benzene rings is 1. The van der Waals surface area contributed by atoms with Crippen LogP contribution in [0, 0.1) is 17.8 Å². The molecule has 1 aromatic carbocycles. The van der Waals surface area contributed by atoms with Crippen molar-refractivity contribution in [3.8, 4) is 5.75 Å². The zero-order valence-corrected chi connectivity index (χ0v) is 37.8. The van der Waals surface area contributed by atoms with Gasteiger partial charge in [-0.2, -0.15) is 0 Å². The van der Waals surface area contributed by atoms with Crippen molar-refractivity contribution in [1.29, 1.82) is 0 Å². The number of likely N-dealkylation sites (tertiary alicyclic amines) is 1. The number of hydrogen-bond donors (Lipinski definition) is 12. The fraction of sp³-hybridized carbons (Fsp3) is 0.643. The van der Waals surface area contributed by atoms with E-state index in [1.807, 2.05) is 13.8 Å². The average Bonchev–Trinajstić information content (AvgIpc) is 3.71. The third-order valence-corrected chi connectivity index (χ3v) is 10.5. The van der Waals surface area contributed by atoms with Crippen molar-refractivity contribution in [1.82, 2.24) is 31.5 Å². The molecule has 0 saturated carbocycles. The van der Waals surface area contributed by atoms with Crippen molar-refractivity contribution in [2.75, 3.05) is 19.6 Å². The maximum atomic E-state index is 14.2. The Morgan fingerprint density at radius 1 is 0.703 bits per heavy atom. The standard InChI is InChI=1S/C42H71N13O9/c1-22(2)20-30(39(62)55-19-9-12-31(55)36(59)50-28(40(63)64)11-8-18-49-42(46)47)52-37(60)32(23(3)4)54-38(61)33(24(5)6)53-35(58)29(21-25-13-15-26(56)16-14-25)51-34(57)27(43)10-7-17-48-41(44)45/h13-16,22-24,27-33,56H,7-12,17-21,43H2,1-6H3,(H,50,59)(H,51,57)(H,52,60)(H,53,58)(H,54,61)(H,63,64)(H4,44,45,48)(H4,46,47,49)/t27-,28-,29-,30-,31-,32-,33-/m0/s1. The Kier molecular flexibility index (Phi) is 22.3. The number of rotatable bonds is 26. The Hall–Kier alpha value is -6.19. The Labute approximate surface area is 374 Å². The number of amides is 6. The summed E-state index contributed by atoms with van der Waals surface area (Å²) < 4.78 is 0. The van der Waals surface area contributed by atoms with Crippen molar-refractivity contribution in [3.05, 3.63) is 29.8 Å². The lowest BCUT2D eigenvalue weighted by atomic mass is 9.97. The highest BCUT2D eigenvalue weighted by molar-refractivity contribution is 5.97. The summed E-state index contributed by atoms with van der Waals surface area (Å²) in [4.78, 5) is 104. The zero-order chi connectivity index (χ0) is 48.3. The summed E-state index contributed by atoms with van der Waals surface area (Å²) >= 11 is 0. The number of nitrogens with one attached hydrogen (secondary N) is 5. The Morgan fingerprint density at radius 3 is 1.73 bits per heavy atom. The topological polar surface area (TPSA) is 378 Å². The van der Waals surface area contributed by atoms with Crippen molar-refractivity contribution in [2.24, 2.45) is 56.4 Å². The number of carbonyl (C=O) groups is 7. The van der Waals surface area contributed by atoms with Gasteiger partial charge in [-0.3, -0.25) is 38.8 Å². The normalized spacial score (nSPS) is 16.4. The van der Waals surface area contributed by atoms with Gasteiger partial charge in [0.2, 0.25) is 35.4 Å². The molecule has 0 radical (unpaired) electrons. The molecule has 2 rings (SSSR count). The number of aliphatic imine (C=N–C) groups is 2. The van der Waals surface area contributed by atoms with Crippen LogP contribution < -0.4 is 55.3 Å². The van der Waals surface area contributed by atoms with E-state index in [-0.39, 0.29) is 81.7 Å². The van der Waals surface area contributed by atoms with E-state index < -0.39 is 95.5 Å². The molecule has 0 aromatic heterocycles. The van der Waals surface area contributed by atoms with Gasteiger partial charge in [0, 0.05) is 26.1 Å². The van der Waals surface area contributed by atoms with E-state index in [9.17, 15) is 43.8 Å². The zero-order valence-electron chi connectivity index (χ0n) is 37.8. The van der Waals surface area contributed by atoms with Gasteiger partial charge in [0.15, 0.2) is 11.9 Å². The Morgan fingerprint density at radius 2 is 1.22 bits per heavy atom. The molecule has 0 spiro atoms. The maximum absolute atomic E-state index is 14.2. The van der Waals surface area contributed by atoms with Crippen LogP contribution in [-0.4, -0.2) is 130 Å². The molecule has 7 atom stereocenters. The molecule has 1 aliphatic rings. The first kappa shape index (κ1) is 53.9. The summed E-state index contributed by atoms with van der Waals surface area (Å²) in [5.41, 5.74) is 28.1. The van der Waals surface area contributed by atoms with Gasteiger partial charge in [0.1, 0.15) is 42.0 Å². The third-order valence-electron chi connectivity index (χ3n) is 10.5. The first-order valence-electron chi connectivity index (χ1n) is 21.7. The first-order valence-corrected chi connectivity index (χ1v) is 21.7. The molecule has 64 heavy (non-hydrogen) atoms. The number of carboxylic acid groups (broad SMARTS) is 1. The van der Waals surface area contributed by atoms with Gasteiger partial charge in [0.25, 0.3) is 0 Å². The lowest BCUT2D eigenvalue weighted by Gasteiger charge is -2.32. The third kappa shape index (κ3) is 18.3. The highest BCUT2D eigenvalue weighted by Crippen LogP contribution is 2.22. The molecule has 17 N–H and O–H groups in total. The summed E-state index contributed by atoms with van der Waals surface area (Å²) in [6.07, 6.45) is 1.84. The molecule has 1 aliphatic heterocycles. The molecule has 22 heteroatoms. The highest BCUT2D eigenvalue weighted by Gasteiger charge is 2.40. The van der Waals surface area contributed by atoms with Gasteiger partial charge in [-0.25, -0.2) is 4.79 Å². The number of carbonyl (C=O) groups excluding carboxylic acids is 6. The number of carboxylic acids is 1. The molecular weight excluding hydrogens is 831 g/mol. The largest absolute Gasteiger partial charge is 0.508 e. The van der Waals surface area contributed by atoms with E-state index in [4.69, 9.17) is 28.7 Å². The smallest absolute Gasteiger partial charge is 0.326 e. The average molecular weight is 902 g/mol. The van der Waals surface area contributed by atoms with Crippen molar-refractivity contribution < 1.29 is 43.8 Å². The first-order chi connectivity index (χ1) is 30.0. The number of aromatic hydroxyl groups is 1. The van der Waals surface area contributed by atoms with Crippen LogP contribution in [0.15, 0.2) is 34.3 Å². The van der Waals surface area contributed by atoms with E-state index in [1.54, 1.807) is 39.8 Å². The molecule has 1 heterocycles. The second-order valence-electron chi connectivity index (χ2n) is 17.2. The summed E-state index contributed by atoms with van der Waals surface area (Å²) in [5, 5.41) is 33.1. The fourth-order valence-corrected chi connectivity index (χ4v) is 7.06. The summed E-state index contributed by atoms with van der Waals surface area (Å²) in [5.74, 6) is -6.47. The highest BCUT2D eigenvalue weighted by atomic mass is 16.4. The van der Waals surface area contributed by atoms with E-state index >= 15 is 0 Å². The van der Waals surface area contributed by atoms with Crippen LogP contribution in [0.5, 0.6) is 5.75 Å². The van der Waals surface area contributed by atoms with E-state index in [2.05, 4.69) is 36.6 Å². The molecule has 0 unspecified atom stereocenters. The van der Waals surface area contributed by atoms with Crippen LogP contribution in [0.1, 0.15) is 92.1 Å². The summed E-state index contributed by atoms with van der Waals surface area (Å²) in [7, 11) is 0. The van der Waals surface area contributed by atoms with E-state index in [0.29, 0.717) is 18.4 Å². The second kappa shape index (κ2) is 26.4. The molecule has 22 nitrogen and oxygen atoms in total. The SMILES string of the molecule is CC(C)C[C@H](NC(=O)[C@@H](NC(=O)[C@@H](NC(=O)[C@H](Cc1ccc(O)cc1)NC(=O)[C@@H](N)CCCN=C(N)N)C(C)C)C(C)C)C(=O)N1CCC[C@H]1C(=O)N[C@@H](CCCN=C(N)N)C(=O)O. The minimum absolute atomic E-state index is 0.000368. The Balaban J connectivity index is 2.26. The molecular formula is C42H71N13O9. The van der Waals surface area contributed by atoms with Gasteiger partial charge in [-0.05, 0) is 80.4 Å². The number of phenolic OH excluding ortho intramolecular Hbond substituents is 1. The van der Waals surface area contributed by atoms with Crippen molar-refractivity contribution in [2.45, 2.75) is 135 Å². The van der Waals surface area contributed by atoms with Gasteiger partial charge in [-0.1, -0.05) is 53.7 Å². The lowest BCUT2D eigenvalue weighted by molar-refractivity contribution is -0.145. The van der Waals surface area contributed by atoms with Crippen LogP contribution >= 0.6 is 0 Å². The molecule has 6 amide bonds. The maximum Gasteiger partial charge on any atom is 0.326 e. The van der Waals surface area contributed by atoms with Crippen molar-refractivity contribution >= 4 is 53.3 Å². The number of aliphatic carboxylic acids is 1. The molecule has 1 saturated heterocycles. The van der Waals surface area contributed by atoms with E-state index in [0.717, 1.165) is 0 Å². The number of hydrogen-bond acceptors (Lipinski definition) is 11. The fourth-order valence-electron chi connectivity index (χ4n) is 7.06. The van der Waals surface area contributed by atoms with Gasteiger partial charge >= 0.3 is 5.97 Å². The van der Waals surface area contributed by atoms with E-state index in [1.165, 1.54) is 17.0 Å². The quantitative estimate of drug-likeness (QED) is 0.0278. The lowest BCUT2D eigenvalue weighted by Crippen LogP contribution is -2.61. The predicted octanol–water partition coefficient (Wildman–Crippen LogP) is -1.77. The number of nitrogens with zero attached hydrogens (tertiary/aromatic N) is 3. The second-order valence-corrected chi connectivity index (χ2v) is 17.2. The van der Waals surface area contributed by atoms with Crippen LogP contribution in [0.3, 0.4) is 0 Å². The number of nitrogens with two attached hydrogens (primary N) is 5. The minimum Gasteiger partial charge on any atom is -0.508 e.